The second-order valence-corrected chi connectivity index (χ2v) is 6.80. The van der Waals surface area contributed by atoms with Gasteiger partial charge in [-0.25, -0.2) is 9.97 Å². The molecule has 5 heteroatoms. The number of nitrogens with zero attached hydrogens (tertiary/aromatic N) is 4. The SMILES string of the molecule is Cc1nccc(CN2CCC(Oc3cccc4c3ccn4C)CC2)n1. The molecule has 1 aliphatic heterocycles. The molecular formula is C20H24N4O. The molecule has 0 N–H and O–H groups in total. The number of piperidine rings is 1. The summed E-state index contributed by atoms with van der Waals surface area (Å²) < 4.78 is 8.47. The van der Waals surface area contributed by atoms with Gasteiger partial charge in [-0.1, -0.05) is 6.07 Å². The van der Waals surface area contributed by atoms with E-state index < -0.39 is 0 Å². The summed E-state index contributed by atoms with van der Waals surface area (Å²) in [5.41, 5.74) is 2.31. The summed E-state index contributed by atoms with van der Waals surface area (Å²) in [7, 11) is 2.07. The molecule has 0 unspecified atom stereocenters. The molecule has 0 amide bonds. The first kappa shape index (κ1) is 16.1. The van der Waals surface area contributed by atoms with Gasteiger partial charge in [0.15, 0.2) is 0 Å². The van der Waals surface area contributed by atoms with Gasteiger partial charge in [0, 0.05) is 44.5 Å². The Balaban J connectivity index is 1.37. The van der Waals surface area contributed by atoms with Crippen LogP contribution in [0.25, 0.3) is 10.9 Å². The third kappa shape index (κ3) is 3.51. The Hall–Kier alpha value is -2.40. The molecule has 2 aromatic heterocycles. The Labute approximate surface area is 148 Å². The second-order valence-electron chi connectivity index (χ2n) is 6.80. The standard InChI is InChI=1S/C20H24N4O/c1-15-21-10-6-16(22-15)14-24-12-7-17(8-13-24)25-20-5-3-4-19-18(20)9-11-23(19)2/h3-6,9-11,17H,7-8,12-14H2,1-2H3. The largest absolute Gasteiger partial charge is 0.490 e. The Morgan fingerprint density at radius 1 is 1.16 bits per heavy atom. The Morgan fingerprint density at radius 3 is 2.80 bits per heavy atom. The van der Waals surface area contributed by atoms with Crippen LogP contribution < -0.4 is 4.74 Å². The van der Waals surface area contributed by atoms with Crippen molar-refractivity contribution in [1.82, 2.24) is 19.4 Å². The van der Waals surface area contributed by atoms with Gasteiger partial charge in [-0.05, 0) is 44.0 Å². The summed E-state index contributed by atoms with van der Waals surface area (Å²) in [6.45, 7) is 4.91. The number of hydrogen-bond acceptors (Lipinski definition) is 4. The average Bonchev–Trinajstić information content (AvgIpc) is 2.99. The van der Waals surface area contributed by atoms with Crippen molar-refractivity contribution in [1.29, 1.82) is 0 Å². The van der Waals surface area contributed by atoms with E-state index in [0.717, 1.165) is 49.7 Å². The van der Waals surface area contributed by atoms with Gasteiger partial charge in [0.25, 0.3) is 0 Å². The van der Waals surface area contributed by atoms with E-state index in [9.17, 15) is 0 Å². The van der Waals surface area contributed by atoms with Crippen LogP contribution in [-0.4, -0.2) is 38.6 Å². The molecule has 0 radical (unpaired) electrons. The minimum atomic E-state index is 0.286. The molecule has 5 nitrogen and oxygen atoms in total. The highest BCUT2D eigenvalue weighted by molar-refractivity contribution is 5.86. The van der Waals surface area contributed by atoms with E-state index in [0.29, 0.717) is 0 Å². The van der Waals surface area contributed by atoms with Crippen LogP contribution in [0.1, 0.15) is 24.4 Å². The molecule has 0 aliphatic carbocycles. The minimum Gasteiger partial charge on any atom is -0.490 e. The molecule has 0 saturated carbocycles. The quantitative estimate of drug-likeness (QED) is 0.733. The summed E-state index contributed by atoms with van der Waals surface area (Å²) in [6.07, 6.45) is 6.31. The van der Waals surface area contributed by atoms with E-state index in [-0.39, 0.29) is 6.10 Å². The van der Waals surface area contributed by atoms with Gasteiger partial charge < -0.3 is 9.30 Å². The first-order chi connectivity index (χ1) is 12.2. The number of likely N-dealkylation sites (tertiary alicyclic amines) is 1. The fourth-order valence-corrected chi connectivity index (χ4v) is 3.56. The highest BCUT2D eigenvalue weighted by atomic mass is 16.5. The molecule has 3 aromatic rings. The van der Waals surface area contributed by atoms with E-state index >= 15 is 0 Å². The van der Waals surface area contributed by atoms with Crippen molar-refractivity contribution < 1.29 is 4.74 Å². The zero-order valence-corrected chi connectivity index (χ0v) is 14.9. The van der Waals surface area contributed by atoms with Crippen molar-refractivity contribution in [3.05, 3.63) is 54.2 Å². The maximum absolute atomic E-state index is 6.33. The summed E-state index contributed by atoms with van der Waals surface area (Å²) in [4.78, 5) is 11.1. The molecule has 25 heavy (non-hydrogen) atoms. The maximum Gasteiger partial charge on any atom is 0.129 e. The van der Waals surface area contributed by atoms with Gasteiger partial charge in [-0.2, -0.15) is 0 Å². The Bertz CT molecular complexity index is 865. The van der Waals surface area contributed by atoms with Crippen molar-refractivity contribution in [3.63, 3.8) is 0 Å². The highest BCUT2D eigenvalue weighted by Gasteiger charge is 2.21. The second kappa shape index (κ2) is 6.84. The summed E-state index contributed by atoms with van der Waals surface area (Å²) >= 11 is 0. The van der Waals surface area contributed by atoms with E-state index in [4.69, 9.17) is 4.74 Å². The lowest BCUT2D eigenvalue weighted by Crippen LogP contribution is -2.38. The number of benzene rings is 1. The fourth-order valence-electron chi connectivity index (χ4n) is 3.56. The monoisotopic (exact) mass is 336 g/mol. The number of rotatable bonds is 4. The molecule has 1 saturated heterocycles. The number of ether oxygens (including phenoxy) is 1. The van der Waals surface area contributed by atoms with Gasteiger partial charge >= 0.3 is 0 Å². The Morgan fingerprint density at radius 2 is 2.00 bits per heavy atom. The van der Waals surface area contributed by atoms with Crippen LogP contribution in [0, 0.1) is 6.92 Å². The lowest BCUT2D eigenvalue weighted by atomic mass is 10.1. The topological polar surface area (TPSA) is 43.2 Å². The fraction of sp³-hybridized carbons (Fsp3) is 0.400. The van der Waals surface area contributed by atoms with Crippen LogP contribution in [-0.2, 0) is 13.6 Å². The molecule has 130 valence electrons. The van der Waals surface area contributed by atoms with Crippen molar-refractivity contribution in [2.45, 2.75) is 32.4 Å². The number of aryl methyl sites for hydroxylation is 2. The first-order valence-electron chi connectivity index (χ1n) is 8.90. The van der Waals surface area contributed by atoms with E-state index in [1.807, 2.05) is 19.2 Å². The van der Waals surface area contributed by atoms with Crippen LogP contribution in [0.4, 0.5) is 0 Å². The van der Waals surface area contributed by atoms with Crippen LogP contribution in [0.5, 0.6) is 5.75 Å². The normalized spacial score (nSPS) is 16.4. The van der Waals surface area contributed by atoms with Crippen molar-refractivity contribution in [2.24, 2.45) is 7.05 Å². The van der Waals surface area contributed by atoms with Crippen molar-refractivity contribution >= 4 is 10.9 Å². The van der Waals surface area contributed by atoms with Crippen LogP contribution in [0.15, 0.2) is 42.7 Å². The van der Waals surface area contributed by atoms with Gasteiger partial charge in [0.1, 0.15) is 17.7 Å². The zero-order chi connectivity index (χ0) is 17.2. The Kier molecular flexibility index (Phi) is 4.40. The summed E-state index contributed by atoms with van der Waals surface area (Å²) in [6, 6.07) is 10.4. The first-order valence-corrected chi connectivity index (χ1v) is 8.90. The highest BCUT2D eigenvalue weighted by Crippen LogP contribution is 2.28. The summed E-state index contributed by atoms with van der Waals surface area (Å²) in [5, 5.41) is 1.20. The molecule has 1 fully saturated rings. The third-order valence-electron chi connectivity index (χ3n) is 4.94. The number of hydrogen-bond donors (Lipinski definition) is 0. The van der Waals surface area contributed by atoms with E-state index in [1.54, 1.807) is 0 Å². The van der Waals surface area contributed by atoms with Gasteiger partial charge in [0.2, 0.25) is 0 Å². The molecule has 0 spiro atoms. The van der Waals surface area contributed by atoms with Gasteiger partial charge in [-0.15, -0.1) is 0 Å². The molecule has 1 aromatic carbocycles. The van der Waals surface area contributed by atoms with Crippen LogP contribution in [0.3, 0.4) is 0 Å². The minimum absolute atomic E-state index is 0.286. The smallest absolute Gasteiger partial charge is 0.129 e. The third-order valence-corrected chi connectivity index (χ3v) is 4.94. The number of aromatic nitrogens is 3. The maximum atomic E-state index is 6.33. The van der Waals surface area contributed by atoms with Crippen molar-refractivity contribution in [2.75, 3.05) is 13.1 Å². The molecule has 4 rings (SSSR count). The average molecular weight is 336 g/mol. The zero-order valence-electron chi connectivity index (χ0n) is 14.9. The lowest BCUT2D eigenvalue weighted by Gasteiger charge is -2.32. The van der Waals surface area contributed by atoms with Gasteiger partial charge in [0.05, 0.1) is 11.2 Å². The van der Waals surface area contributed by atoms with E-state index in [2.05, 4.69) is 56.9 Å². The van der Waals surface area contributed by atoms with Crippen LogP contribution >= 0.6 is 0 Å². The van der Waals surface area contributed by atoms with Crippen molar-refractivity contribution in [3.8, 4) is 5.75 Å². The predicted octanol–water partition coefficient (Wildman–Crippen LogP) is 3.32. The predicted molar refractivity (Wildman–Crippen MR) is 98.6 cm³/mol. The van der Waals surface area contributed by atoms with Gasteiger partial charge in [-0.3, -0.25) is 4.90 Å². The summed E-state index contributed by atoms with van der Waals surface area (Å²) in [5.74, 6) is 1.84. The number of fused-ring (bicyclic) bond motifs is 1. The molecule has 1 aliphatic rings. The molecular weight excluding hydrogens is 312 g/mol. The molecule has 3 heterocycles. The molecule has 0 bridgehead atoms. The lowest BCUT2D eigenvalue weighted by molar-refractivity contribution is 0.0972. The van der Waals surface area contributed by atoms with E-state index in [1.165, 1.54) is 10.9 Å². The van der Waals surface area contributed by atoms with Crippen LogP contribution in [0.2, 0.25) is 0 Å². The molecule has 0 atom stereocenters.